The average molecular weight is 401 g/mol. The predicted octanol–water partition coefficient (Wildman–Crippen LogP) is 4.28. The average Bonchev–Trinajstić information content (AvgIpc) is 2.81. The zero-order valence-electron chi connectivity index (χ0n) is 17.0. The van der Waals surface area contributed by atoms with Crippen LogP contribution in [0.15, 0.2) is 71.8 Å². The molecule has 6 nitrogen and oxygen atoms in total. The standard InChI is InChI=1S/C24H23N3O3/c1-28-23-11-10-19(13-24(23)29-2)15-26-27-16-21-8-3-4-9-22(21)30-17-20-7-5-6-18(12-20)14-25/h3-13,16,26H,15,17H2,1-2H3/b27-16+. The molecule has 152 valence electrons. The number of para-hydroxylation sites is 1. The van der Waals surface area contributed by atoms with Crippen molar-refractivity contribution in [3.8, 4) is 23.3 Å². The van der Waals surface area contributed by atoms with Gasteiger partial charge < -0.3 is 19.6 Å². The van der Waals surface area contributed by atoms with Crippen LogP contribution >= 0.6 is 0 Å². The number of hydrogen-bond acceptors (Lipinski definition) is 6. The van der Waals surface area contributed by atoms with Crippen molar-refractivity contribution in [3.63, 3.8) is 0 Å². The summed E-state index contributed by atoms with van der Waals surface area (Å²) < 4.78 is 16.5. The molecule has 0 aliphatic rings. The molecule has 30 heavy (non-hydrogen) atoms. The first-order valence-corrected chi connectivity index (χ1v) is 9.41. The van der Waals surface area contributed by atoms with Gasteiger partial charge in [0.15, 0.2) is 11.5 Å². The first kappa shape index (κ1) is 20.7. The quantitative estimate of drug-likeness (QED) is 0.428. The Morgan fingerprint density at radius 2 is 1.73 bits per heavy atom. The van der Waals surface area contributed by atoms with E-state index in [4.69, 9.17) is 19.5 Å². The Hall–Kier alpha value is -3.98. The third-order valence-corrected chi connectivity index (χ3v) is 4.40. The lowest BCUT2D eigenvalue weighted by molar-refractivity contribution is 0.306. The molecule has 3 rings (SSSR count). The Balaban J connectivity index is 1.60. The minimum atomic E-state index is 0.374. The Labute approximate surface area is 176 Å². The highest BCUT2D eigenvalue weighted by molar-refractivity contribution is 5.83. The van der Waals surface area contributed by atoms with Crippen molar-refractivity contribution >= 4 is 6.21 Å². The molecule has 6 heteroatoms. The molecular formula is C24H23N3O3. The topological polar surface area (TPSA) is 75.9 Å². The fourth-order valence-corrected chi connectivity index (χ4v) is 2.85. The fourth-order valence-electron chi connectivity index (χ4n) is 2.85. The SMILES string of the molecule is COc1ccc(CN/N=C/c2ccccc2OCc2cccc(C#N)c2)cc1OC. The molecule has 1 N–H and O–H groups in total. The van der Waals surface area contributed by atoms with E-state index < -0.39 is 0 Å². The molecule has 0 fully saturated rings. The van der Waals surface area contributed by atoms with E-state index in [1.807, 2.05) is 60.7 Å². The van der Waals surface area contributed by atoms with Crippen molar-refractivity contribution in [2.75, 3.05) is 14.2 Å². The van der Waals surface area contributed by atoms with E-state index in [1.165, 1.54) is 0 Å². The minimum absolute atomic E-state index is 0.374. The summed E-state index contributed by atoms with van der Waals surface area (Å²) >= 11 is 0. The molecule has 0 saturated heterocycles. The van der Waals surface area contributed by atoms with E-state index in [9.17, 15) is 0 Å². The first-order valence-electron chi connectivity index (χ1n) is 9.41. The number of nitrogens with zero attached hydrogens (tertiary/aromatic N) is 2. The van der Waals surface area contributed by atoms with Gasteiger partial charge in [-0.05, 0) is 47.5 Å². The van der Waals surface area contributed by atoms with Crippen LogP contribution in [0.25, 0.3) is 0 Å². The van der Waals surface area contributed by atoms with Gasteiger partial charge >= 0.3 is 0 Å². The molecule has 0 saturated carbocycles. The van der Waals surface area contributed by atoms with Gasteiger partial charge in [-0.1, -0.05) is 30.3 Å². The van der Waals surface area contributed by atoms with Gasteiger partial charge in [0, 0.05) is 5.56 Å². The van der Waals surface area contributed by atoms with E-state index in [0.717, 1.165) is 22.4 Å². The summed E-state index contributed by atoms with van der Waals surface area (Å²) in [6.07, 6.45) is 1.72. The molecular weight excluding hydrogens is 378 g/mol. The number of benzene rings is 3. The van der Waals surface area contributed by atoms with Gasteiger partial charge in [0.2, 0.25) is 0 Å². The lowest BCUT2D eigenvalue weighted by Gasteiger charge is -2.10. The summed E-state index contributed by atoms with van der Waals surface area (Å²) in [5.41, 5.74) is 6.47. The van der Waals surface area contributed by atoms with E-state index in [-0.39, 0.29) is 0 Å². The normalized spacial score (nSPS) is 10.4. The largest absolute Gasteiger partial charge is 0.493 e. The van der Waals surface area contributed by atoms with Gasteiger partial charge in [0.05, 0.1) is 38.6 Å². The zero-order chi connectivity index (χ0) is 21.2. The minimum Gasteiger partial charge on any atom is -0.493 e. The summed E-state index contributed by atoms with van der Waals surface area (Å²) in [7, 11) is 3.22. The van der Waals surface area contributed by atoms with Gasteiger partial charge in [0.25, 0.3) is 0 Å². The number of ether oxygens (including phenoxy) is 3. The summed E-state index contributed by atoms with van der Waals surface area (Å²) in [4.78, 5) is 0. The van der Waals surface area contributed by atoms with Crippen molar-refractivity contribution in [3.05, 3.63) is 89.0 Å². The van der Waals surface area contributed by atoms with Crippen LogP contribution in [0.3, 0.4) is 0 Å². The Bertz CT molecular complexity index is 1060. The molecule has 0 heterocycles. The lowest BCUT2D eigenvalue weighted by Crippen LogP contribution is -2.06. The highest BCUT2D eigenvalue weighted by Crippen LogP contribution is 2.27. The maximum atomic E-state index is 9.02. The Morgan fingerprint density at radius 3 is 2.53 bits per heavy atom. The Kier molecular flexibility index (Phi) is 7.28. The van der Waals surface area contributed by atoms with Crippen LogP contribution in [0.4, 0.5) is 0 Å². The molecule has 0 amide bonds. The van der Waals surface area contributed by atoms with Crippen LogP contribution in [-0.2, 0) is 13.2 Å². The van der Waals surface area contributed by atoms with E-state index in [1.54, 1.807) is 26.5 Å². The van der Waals surface area contributed by atoms with E-state index >= 15 is 0 Å². The first-order chi connectivity index (χ1) is 14.7. The maximum absolute atomic E-state index is 9.02. The molecule has 0 radical (unpaired) electrons. The number of nitriles is 1. The van der Waals surface area contributed by atoms with Crippen molar-refractivity contribution in [2.45, 2.75) is 13.2 Å². The molecule has 0 spiro atoms. The van der Waals surface area contributed by atoms with Crippen LogP contribution < -0.4 is 19.6 Å². The number of hydrogen-bond donors (Lipinski definition) is 1. The van der Waals surface area contributed by atoms with Crippen LogP contribution in [-0.4, -0.2) is 20.4 Å². The molecule has 0 bridgehead atoms. The lowest BCUT2D eigenvalue weighted by atomic mass is 10.1. The number of rotatable bonds is 9. The van der Waals surface area contributed by atoms with Gasteiger partial charge in [0.1, 0.15) is 12.4 Å². The predicted molar refractivity (Wildman–Crippen MR) is 116 cm³/mol. The molecule has 0 unspecified atom stereocenters. The van der Waals surface area contributed by atoms with Crippen molar-refractivity contribution in [1.29, 1.82) is 5.26 Å². The number of nitrogens with one attached hydrogen (secondary N) is 1. The van der Waals surface area contributed by atoms with E-state index in [0.29, 0.717) is 30.2 Å². The second-order valence-corrected chi connectivity index (χ2v) is 6.42. The van der Waals surface area contributed by atoms with Crippen LogP contribution in [0, 0.1) is 11.3 Å². The van der Waals surface area contributed by atoms with Crippen LogP contribution in [0.1, 0.15) is 22.3 Å². The second-order valence-electron chi connectivity index (χ2n) is 6.42. The van der Waals surface area contributed by atoms with Gasteiger partial charge in [-0.25, -0.2) is 0 Å². The summed E-state index contributed by atoms with van der Waals surface area (Å²) in [6, 6.07) is 22.9. The number of hydrazone groups is 1. The Morgan fingerprint density at radius 1 is 0.900 bits per heavy atom. The third kappa shape index (κ3) is 5.52. The number of methoxy groups -OCH3 is 2. The molecule has 3 aromatic carbocycles. The zero-order valence-corrected chi connectivity index (χ0v) is 17.0. The van der Waals surface area contributed by atoms with E-state index in [2.05, 4.69) is 16.6 Å². The summed E-state index contributed by atoms with van der Waals surface area (Å²) in [6.45, 7) is 0.917. The summed E-state index contributed by atoms with van der Waals surface area (Å²) in [5.74, 6) is 2.09. The fraction of sp³-hybridized carbons (Fsp3) is 0.167. The van der Waals surface area contributed by atoms with Crippen molar-refractivity contribution in [2.24, 2.45) is 5.10 Å². The molecule has 0 aliphatic heterocycles. The van der Waals surface area contributed by atoms with Gasteiger partial charge in [-0.15, -0.1) is 0 Å². The van der Waals surface area contributed by atoms with Crippen LogP contribution in [0.5, 0.6) is 17.2 Å². The van der Waals surface area contributed by atoms with Crippen molar-refractivity contribution < 1.29 is 14.2 Å². The summed E-state index contributed by atoms with van der Waals surface area (Å²) in [5, 5.41) is 13.3. The second kappa shape index (κ2) is 10.5. The van der Waals surface area contributed by atoms with Crippen molar-refractivity contribution in [1.82, 2.24) is 5.43 Å². The maximum Gasteiger partial charge on any atom is 0.161 e. The molecule has 0 aliphatic carbocycles. The third-order valence-electron chi connectivity index (χ3n) is 4.40. The molecule has 0 atom stereocenters. The van der Waals surface area contributed by atoms with Crippen LogP contribution in [0.2, 0.25) is 0 Å². The van der Waals surface area contributed by atoms with Gasteiger partial charge in [-0.3, -0.25) is 0 Å². The molecule has 3 aromatic rings. The smallest absolute Gasteiger partial charge is 0.161 e. The van der Waals surface area contributed by atoms with Gasteiger partial charge in [-0.2, -0.15) is 10.4 Å². The molecule has 0 aromatic heterocycles. The highest BCUT2D eigenvalue weighted by atomic mass is 16.5. The monoisotopic (exact) mass is 401 g/mol. The highest BCUT2D eigenvalue weighted by Gasteiger charge is 2.05.